The SMILES string of the molecule is CC(C)c1cccc(C(C)C)c1-n1c(-c2[c-]ccc3c2oc2ccccc23)nc2ccccc21.Cc1c[c-]c(-c2cc(C)c([Si](C)(C)C)cn2)cc1.[Ir]. The molecule has 0 bridgehead atoms. The Bertz CT molecular complexity index is 2510. The van der Waals surface area contributed by atoms with Crippen LogP contribution in [0.15, 0.2) is 114 Å². The van der Waals surface area contributed by atoms with Crippen molar-refractivity contribution in [1.82, 2.24) is 14.5 Å². The first-order chi connectivity index (χ1) is 24.9. The van der Waals surface area contributed by atoms with Gasteiger partial charge < -0.3 is 14.0 Å². The largest absolute Gasteiger partial charge is 0.501 e. The van der Waals surface area contributed by atoms with Crippen molar-refractivity contribution in [2.75, 3.05) is 0 Å². The number of rotatable bonds is 6. The number of pyridine rings is 1. The zero-order chi connectivity index (χ0) is 36.7. The number of furan rings is 1. The van der Waals surface area contributed by atoms with Crippen molar-refractivity contribution in [2.45, 2.75) is 73.0 Å². The molecule has 271 valence electrons. The van der Waals surface area contributed by atoms with Crippen molar-refractivity contribution in [1.29, 1.82) is 0 Å². The van der Waals surface area contributed by atoms with Gasteiger partial charge in [0.05, 0.1) is 30.5 Å². The molecule has 6 heteroatoms. The maximum atomic E-state index is 6.40. The van der Waals surface area contributed by atoms with Gasteiger partial charge in [-0.3, -0.25) is 4.98 Å². The van der Waals surface area contributed by atoms with Gasteiger partial charge >= 0.3 is 0 Å². The van der Waals surface area contributed by atoms with E-state index < -0.39 is 8.07 Å². The van der Waals surface area contributed by atoms with Crippen LogP contribution in [0, 0.1) is 26.0 Å². The predicted octanol–water partition coefficient (Wildman–Crippen LogP) is 12.3. The normalized spacial score (nSPS) is 11.7. The van der Waals surface area contributed by atoms with E-state index in [2.05, 4.69) is 162 Å². The molecule has 5 aromatic carbocycles. The van der Waals surface area contributed by atoms with Gasteiger partial charge in [0.25, 0.3) is 0 Å². The molecule has 0 spiro atoms. The average molecular weight is 890 g/mol. The first-order valence-corrected chi connectivity index (χ1v) is 21.8. The molecule has 1 radical (unpaired) electrons. The smallest absolute Gasteiger partial charge is 0.120 e. The standard InChI is InChI=1S/C31H27N2O.C16H20NSi.Ir/c1-19(2)21-12-9-13-22(20(3)4)29(21)33-27-17-7-6-16-26(27)32-31(33)25-15-10-14-24-23-11-5-8-18-28(23)34-30(24)25;1-12-6-8-14(9-7-12)15-10-13(2)16(11-17-15)18(3,4)5;/h5-14,16-20H,1-4H3;6-8,10-11H,1-5H3;/q2*-1;. The minimum Gasteiger partial charge on any atom is -0.501 e. The van der Waals surface area contributed by atoms with E-state index in [1.807, 2.05) is 30.3 Å². The van der Waals surface area contributed by atoms with Gasteiger partial charge in [0, 0.05) is 37.4 Å². The predicted molar refractivity (Wildman–Crippen MR) is 222 cm³/mol. The van der Waals surface area contributed by atoms with Gasteiger partial charge in [0.2, 0.25) is 0 Å². The van der Waals surface area contributed by atoms with Crippen molar-refractivity contribution in [3.8, 4) is 28.3 Å². The minimum atomic E-state index is -1.28. The summed E-state index contributed by atoms with van der Waals surface area (Å²) in [6.07, 6.45) is 2.06. The number of nitrogens with zero attached hydrogens (tertiary/aromatic N) is 3. The number of hydrogen-bond acceptors (Lipinski definition) is 3. The van der Waals surface area contributed by atoms with E-state index in [0.29, 0.717) is 11.8 Å². The number of aryl methyl sites for hydroxylation is 2. The molecular formula is C47H47IrN3OSi-2. The van der Waals surface area contributed by atoms with Crippen LogP contribution in [-0.2, 0) is 20.1 Å². The second kappa shape index (κ2) is 15.4. The third-order valence-corrected chi connectivity index (χ3v) is 12.0. The third-order valence-electron chi connectivity index (χ3n) is 9.85. The summed E-state index contributed by atoms with van der Waals surface area (Å²) < 4.78 is 8.73. The first-order valence-electron chi connectivity index (χ1n) is 18.3. The van der Waals surface area contributed by atoms with Gasteiger partial charge in [-0.1, -0.05) is 125 Å². The van der Waals surface area contributed by atoms with Gasteiger partial charge in [0.15, 0.2) is 0 Å². The summed E-state index contributed by atoms with van der Waals surface area (Å²) in [5.74, 6) is 1.60. The Labute approximate surface area is 328 Å². The van der Waals surface area contributed by atoms with Gasteiger partial charge in [0.1, 0.15) is 5.58 Å². The Morgan fingerprint density at radius 2 is 1.45 bits per heavy atom. The molecule has 53 heavy (non-hydrogen) atoms. The quantitative estimate of drug-likeness (QED) is 0.123. The summed E-state index contributed by atoms with van der Waals surface area (Å²) in [5, 5.41) is 3.64. The maximum Gasteiger partial charge on any atom is 0.120 e. The van der Waals surface area contributed by atoms with E-state index in [-0.39, 0.29) is 20.1 Å². The van der Waals surface area contributed by atoms with Gasteiger partial charge in [-0.05, 0) is 59.0 Å². The Balaban J connectivity index is 0.000000215. The molecule has 0 aliphatic carbocycles. The summed E-state index contributed by atoms with van der Waals surface area (Å²) in [6.45, 7) is 20.4. The molecule has 0 saturated heterocycles. The Kier molecular flexibility index (Phi) is 11.1. The molecule has 3 aromatic heterocycles. The van der Waals surface area contributed by atoms with E-state index in [0.717, 1.165) is 55.6 Å². The van der Waals surface area contributed by atoms with E-state index >= 15 is 0 Å². The second-order valence-electron chi connectivity index (χ2n) is 15.5. The summed E-state index contributed by atoms with van der Waals surface area (Å²) in [6, 6.07) is 42.5. The van der Waals surface area contributed by atoms with Gasteiger partial charge in [-0.2, -0.15) is 0 Å². The van der Waals surface area contributed by atoms with Crippen LogP contribution in [0.5, 0.6) is 0 Å². The van der Waals surface area contributed by atoms with E-state index in [1.165, 1.54) is 33.1 Å². The molecule has 4 nitrogen and oxygen atoms in total. The van der Waals surface area contributed by atoms with Crippen molar-refractivity contribution in [3.63, 3.8) is 0 Å². The maximum absolute atomic E-state index is 6.40. The van der Waals surface area contributed by atoms with Crippen LogP contribution in [-0.4, -0.2) is 22.6 Å². The molecule has 8 aromatic rings. The van der Waals surface area contributed by atoms with Gasteiger partial charge in [-0.15, -0.1) is 53.6 Å². The monoisotopic (exact) mass is 890 g/mol. The number of hydrogen-bond donors (Lipinski definition) is 0. The van der Waals surface area contributed by atoms with E-state index in [1.54, 1.807) is 0 Å². The van der Waals surface area contributed by atoms with Crippen LogP contribution < -0.4 is 5.19 Å². The molecule has 0 saturated carbocycles. The molecule has 0 atom stereocenters. The van der Waals surface area contributed by atoms with Crippen LogP contribution in [0.3, 0.4) is 0 Å². The fraction of sp³-hybridized carbons (Fsp3) is 0.234. The third kappa shape index (κ3) is 7.46. The number of para-hydroxylation sites is 4. The van der Waals surface area contributed by atoms with Crippen LogP contribution in [0.25, 0.3) is 61.3 Å². The summed E-state index contributed by atoms with van der Waals surface area (Å²) >= 11 is 0. The number of benzene rings is 5. The Morgan fingerprint density at radius 3 is 2.11 bits per heavy atom. The number of imidazole rings is 1. The summed E-state index contributed by atoms with van der Waals surface area (Å²) in [4.78, 5) is 9.76. The molecule has 0 aliphatic heterocycles. The molecule has 3 heterocycles. The number of aromatic nitrogens is 3. The average Bonchev–Trinajstić information content (AvgIpc) is 3.70. The molecule has 8 rings (SSSR count). The molecule has 0 amide bonds. The van der Waals surface area contributed by atoms with Gasteiger partial charge in [-0.25, -0.2) is 0 Å². The molecule has 0 N–H and O–H groups in total. The zero-order valence-corrected chi connectivity index (χ0v) is 35.5. The minimum absolute atomic E-state index is 0. The van der Waals surface area contributed by atoms with E-state index in [4.69, 9.17) is 9.40 Å². The van der Waals surface area contributed by atoms with Crippen LogP contribution in [0.2, 0.25) is 19.6 Å². The molecule has 0 unspecified atom stereocenters. The fourth-order valence-electron chi connectivity index (χ4n) is 7.20. The fourth-order valence-corrected chi connectivity index (χ4v) is 8.90. The first kappa shape index (κ1) is 38.1. The molecular weight excluding hydrogens is 843 g/mol. The van der Waals surface area contributed by atoms with Crippen molar-refractivity contribution >= 4 is 46.2 Å². The van der Waals surface area contributed by atoms with Crippen molar-refractivity contribution in [2.24, 2.45) is 0 Å². The van der Waals surface area contributed by atoms with E-state index in [9.17, 15) is 0 Å². The van der Waals surface area contributed by atoms with Crippen molar-refractivity contribution in [3.05, 3.63) is 144 Å². The van der Waals surface area contributed by atoms with Crippen LogP contribution >= 0.6 is 0 Å². The summed E-state index contributed by atoms with van der Waals surface area (Å²) in [5.41, 5.74) is 13.2. The molecule has 0 fully saturated rings. The zero-order valence-electron chi connectivity index (χ0n) is 32.1. The summed E-state index contributed by atoms with van der Waals surface area (Å²) in [7, 11) is -1.28. The Hall–Kier alpha value is -4.61. The second-order valence-corrected chi connectivity index (χ2v) is 20.5. The van der Waals surface area contributed by atoms with Crippen molar-refractivity contribution < 1.29 is 24.5 Å². The van der Waals surface area contributed by atoms with Crippen LogP contribution in [0.4, 0.5) is 0 Å². The number of fused-ring (bicyclic) bond motifs is 4. The van der Waals surface area contributed by atoms with Crippen LogP contribution in [0.1, 0.15) is 61.8 Å². The Morgan fingerprint density at radius 1 is 0.755 bits per heavy atom. The molecule has 0 aliphatic rings. The topological polar surface area (TPSA) is 43.9 Å².